The number of hydrogen-bond donors (Lipinski definition) is 0. The molecule has 0 unspecified atom stereocenters. The van der Waals surface area contributed by atoms with Gasteiger partial charge in [-0.25, -0.2) is 0 Å². The molecule has 21 heavy (non-hydrogen) atoms. The summed E-state index contributed by atoms with van der Waals surface area (Å²) >= 11 is 0. The second-order valence-electron chi connectivity index (χ2n) is 5.07. The average Bonchev–Trinajstić information content (AvgIpc) is 2.49. The lowest BCUT2D eigenvalue weighted by Gasteiger charge is -2.13. The van der Waals surface area contributed by atoms with E-state index < -0.39 is 0 Å². The summed E-state index contributed by atoms with van der Waals surface area (Å²) in [5.74, 6) is 1.23. The maximum absolute atomic E-state index is 12.3. The Labute approximate surface area is 126 Å². The Morgan fingerprint density at radius 1 is 1.19 bits per heavy atom. The van der Waals surface area contributed by atoms with E-state index in [0.717, 1.165) is 6.42 Å². The van der Waals surface area contributed by atoms with Crippen LogP contribution in [0.3, 0.4) is 0 Å². The van der Waals surface area contributed by atoms with Crippen LogP contribution in [-0.4, -0.2) is 33.2 Å². The monoisotopic (exact) mass is 292 g/mol. The predicted molar refractivity (Wildman–Crippen MR) is 83.3 cm³/mol. The highest BCUT2D eigenvalue weighted by Crippen LogP contribution is 2.29. The fraction of sp³-hybridized carbons (Fsp3) is 0.471. The first-order chi connectivity index (χ1) is 10.0. The van der Waals surface area contributed by atoms with Crippen LogP contribution < -0.4 is 9.47 Å². The van der Waals surface area contributed by atoms with Crippen molar-refractivity contribution in [1.82, 2.24) is 0 Å². The molecule has 0 fully saturated rings. The van der Waals surface area contributed by atoms with E-state index in [1.165, 1.54) is 0 Å². The molecule has 0 spiro atoms. The standard InChI is InChI=1S/C17H24O4/c1-12(2)13(3)17(18)14-7-8-15(20-5)16(11-14)21-10-6-9-19-4/h7-8,11-12H,3,6,9-10H2,1-2,4-5H3. The van der Waals surface area contributed by atoms with Crippen LogP contribution in [0, 0.1) is 5.92 Å². The zero-order valence-corrected chi connectivity index (χ0v) is 13.3. The van der Waals surface area contributed by atoms with Crippen molar-refractivity contribution in [2.75, 3.05) is 27.4 Å². The van der Waals surface area contributed by atoms with Gasteiger partial charge in [-0.15, -0.1) is 0 Å². The summed E-state index contributed by atoms with van der Waals surface area (Å²) < 4.78 is 15.9. The summed E-state index contributed by atoms with van der Waals surface area (Å²) in [6, 6.07) is 5.19. The molecule has 0 atom stereocenters. The molecule has 1 rings (SSSR count). The Hall–Kier alpha value is -1.81. The van der Waals surface area contributed by atoms with Gasteiger partial charge in [0.15, 0.2) is 17.3 Å². The quantitative estimate of drug-likeness (QED) is 0.397. The number of carbonyl (C=O) groups excluding carboxylic acids is 1. The highest BCUT2D eigenvalue weighted by molar-refractivity contribution is 6.08. The number of carbonyl (C=O) groups is 1. The predicted octanol–water partition coefficient (Wildman–Crippen LogP) is 3.51. The molecular formula is C17H24O4. The minimum Gasteiger partial charge on any atom is -0.493 e. The van der Waals surface area contributed by atoms with Gasteiger partial charge >= 0.3 is 0 Å². The molecule has 4 heteroatoms. The van der Waals surface area contributed by atoms with Crippen LogP contribution in [0.5, 0.6) is 11.5 Å². The lowest BCUT2D eigenvalue weighted by molar-refractivity contribution is 0.102. The third kappa shape index (κ3) is 4.90. The van der Waals surface area contributed by atoms with E-state index in [2.05, 4.69) is 6.58 Å². The maximum atomic E-state index is 12.3. The molecular weight excluding hydrogens is 268 g/mol. The lowest BCUT2D eigenvalue weighted by Crippen LogP contribution is -2.09. The molecule has 0 saturated carbocycles. The molecule has 1 aromatic carbocycles. The largest absolute Gasteiger partial charge is 0.493 e. The van der Waals surface area contributed by atoms with E-state index in [1.54, 1.807) is 32.4 Å². The van der Waals surface area contributed by atoms with Gasteiger partial charge in [0.1, 0.15) is 0 Å². The summed E-state index contributed by atoms with van der Waals surface area (Å²) in [6.07, 6.45) is 0.774. The molecule has 0 N–H and O–H groups in total. The van der Waals surface area contributed by atoms with E-state index in [9.17, 15) is 4.79 Å². The summed E-state index contributed by atoms with van der Waals surface area (Å²) in [5.41, 5.74) is 1.15. The third-order valence-corrected chi connectivity index (χ3v) is 3.16. The molecule has 0 heterocycles. The number of allylic oxidation sites excluding steroid dienone is 1. The number of benzene rings is 1. The van der Waals surface area contributed by atoms with Crippen molar-refractivity contribution in [1.29, 1.82) is 0 Å². The van der Waals surface area contributed by atoms with Crippen molar-refractivity contribution in [3.8, 4) is 11.5 Å². The Kier molecular flexibility index (Phi) is 6.96. The highest BCUT2D eigenvalue weighted by atomic mass is 16.5. The van der Waals surface area contributed by atoms with Gasteiger partial charge in [-0.05, 0) is 29.7 Å². The van der Waals surface area contributed by atoms with E-state index in [1.807, 2.05) is 13.8 Å². The van der Waals surface area contributed by atoms with Gasteiger partial charge in [0.05, 0.1) is 13.7 Å². The Morgan fingerprint density at radius 2 is 1.90 bits per heavy atom. The average molecular weight is 292 g/mol. The smallest absolute Gasteiger partial charge is 0.188 e. The van der Waals surface area contributed by atoms with Gasteiger partial charge in [-0.1, -0.05) is 20.4 Å². The molecule has 0 aromatic heterocycles. The Bertz CT molecular complexity index is 492. The molecule has 4 nitrogen and oxygen atoms in total. The van der Waals surface area contributed by atoms with Crippen molar-refractivity contribution < 1.29 is 19.0 Å². The van der Waals surface area contributed by atoms with Crippen molar-refractivity contribution in [2.45, 2.75) is 20.3 Å². The Morgan fingerprint density at radius 3 is 2.48 bits per heavy atom. The number of ether oxygens (including phenoxy) is 3. The van der Waals surface area contributed by atoms with Crippen LogP contribution in [0.2, 0.25) is 0 Å². The molecule has 0 aliphatic carbocycles. The van der Waals surface area contributed by atoms with Gasteiger partial charge in [-0.2, -0.15) is 0 Å². The van der Waals surface area contributed by atoms with E-state index in [0.29, 0.717) is 35.8 Å². The zero-order valence-electron chi connectivity index (χ0n) is 13.3. The normalized spacial score (nSPS) is 10.5. The fourth-order valence-electron chi connectivity index (χ4n) is 1.76. The number of rotatable bonds is 9. The van der Waals surface area contributed by atoms with E-state index in [-0.39, 0.29) is 11.7 Å². The van der Waals surface area contributed by atoms with Crippen molar-refractivity contribution in [3.63, 3.8) is 0 Å². The number of ketones is 1. The molecule has 0 amide bonds. The lowest BCUT2D eigenvalue weighted by atomic mass is 9.96. The van der Waals surface area contributed by atoms with Crippen molar-refractivity contribution in [3.05, 3.63) is 35.9 Å². The number of hydrogen-bond acceptors (Lipinski definition) is 4. The molecule has 0 aliphatic heterocycles. The fourth-order valence-corrected chi connectivity index (χ4v) is 1.76. The summed E-state index contributed by atoms with van der Waals surface area (Å²) in [5, 5.41) is 0. The van der Waals surface area contributed by atoms with Crippen LogP contribution in [0.25, 0.3) is 0 Å². The molecule has 0 aliphatic rings. The van der Waals surface area contributed by atoms with Crippen LogP contribution in [0.4, 0.5) is 0 Å². The topological polar surface area (TPSA) is 44.8 Å². The van der Waals surface area contributed by atoms with Crippen LogP contribution >= 0.6 is 0 Å². The SMILES string of the molecule is C=C(C(=O)c1ccc(OC)c(OCCCOC)c1)C(C)C. The maximum Gasteiger partial charge on any atom is 0.188 e. The minimum atomic E-state index is -0.0607. The molecule has 0 bridgehead atoms. The molecule has 0 radical (unpaired) electrons. The first-order valence-electron chi connectivity index (χ1n) is 7.04. The summed E-state index contributed by atoms with van der Waals surface area (Å²) in [4.78, 5) is 12.3. The van der Waals surface area contributed by atoms with Gasteiger partial charge in [0.25, 0.3) is 0 Å². The Balaban J connectivity index is 2.88. The van der Waals surface area contributed by atoms with Gasteiger partial charge < -0.3 is 14.2 Å². The van der Waals surface area contributed by atoms with E-state index in [4.69, 9.17) is 14.2 Å². The first-order valence-corrected chi connectivity index (χ1v) is 7.04. The van der Waals surface area contributed by atoms with Gasteiger partial charge in [0, 0.05) is 25.7 Å². The number of methoxy groups -OCH3 is 2. The van der Waals surface area contributed by atoms with Crippen molar-refractivity contribution >= 4 is 5.78 Å². The number of Topliss-reactive ketones (excluding diaryl/α,β-unsaturated/α-hetero) is 1. The molecule has 0 saturated heterocycles. The van der Waals surface area contributed by atoms with Gasteiger partial charge in [0.2, 0.25) is 0 Å². The van der Waals surface area contributed by atoms with Crippen LogP contribution in [0.1, 0.15) is 30.6 Å². The molecule has 116 valence electrons. The molecule has 1 aromatic rings. The zero-order chi connectivity index (χ0) is 15.8. The second kappa shape index (κ2) is 8.47. The van der Waals surface area contributed by atoms with Crippen molar-refractivity contribution in [2.24, 2.45) is 5.92 Å². The van der Waals surface area contributed by atoms with Crippen LogP contribution in [0.15, 0.2) is 30.4 Å². The van der Waals surface area contributed by atoms with E-state index >= 15 is 0 Å². The second-order valence-corrected chi connectivity index (χ2v) is 5.07. The summed E-state index contributed by atoms with van der Waals surface area (Å²) in [6.45, 7) is 8.89. The first kappa shape index (κ1) is 17.2. The van der Waals surface area contributed by atoms with Gasteiger partial charge in [-0.3, -0.25) is 4.79 Å². The third-order valence-electron chi connectivity index (χ3n) is 3.16. The summed E-state index contributed by atoms with van der Waals surface area (Å²) in [7, 11) is 3.23. The van der Waals surface area contributed by atoms with Crippen LogP contribution in [-0.2, 0) is 4.74 Å². The minimum absolute atomic E-state index is 0.0607. The highest BCUT2D eigenvalue weighted by Gasteiger charge is 2.16.